The van der Waals surface area contributed by atoms with Gasteiger partial charge in [0, 0.05) is 25.0 Å². The van der Waals surface area contributed by atoms with E-state index < -0.39 is 0 Å². The normalized spacial score (nSPS) is 30.2. The summed E-state index contributed by atoms with van der Waals surface area (Å²) < 4.78 is 5.11. The Morgan fingerprint density at radius 2 is 2.29 bits per heavy atom. The van der Waals surface area contributed by atoms with Crippen LogP contribution in [0.15, 0.2) is 23.8 Å². The van der Waals surface area contributed by atoms with Gasteiger partial charge in [-0.3, -0.25) is 4.84 Å². The predicted octanol–water partition coefficient (Wildman–Crippen LogP) is 2.60. The summed E-state index contributed by atoms with van der Waals surface area (Å²) in [5, 5.41) is 2.02. The van der Waals surface area contributed by atoms with E-state index >= 15 is 0 Å². The maximum absolute atomic E-state index is 11.9. The van der Waals surface area contributed by atoms with Gasteiger partial charge in [0.2, 0.25) is 0 Å². The summed E-state index contributed by atoms with van der Waals surface area (Å²) in [6.07, 6.45) is 5.92. The third-order valence-corrected chi connectivity index (χ3v) is 4.16. The average molecular weight is 294 g/mol. The van der Waals surface area contributed by atoms with Crippen molar-refractivity contribution in [2.75, 3.05) is 32.8 Å². The van der Waals surface area contributed by atoms with Gasteiger partial charge in [0.1, 0.15) is 0 Å². The van der Waals surface area contributed by atoms with Gasteiger partial charge in [-0.25, -0.2) is 4.79 Å². The largest absolute Gasteiger partial charge is 0.450 e. The van der Waals surface area contributed by atoms with Crippen LogP contribution < -0.4 is 0 Å². The molecule has 2 fully saturated rings. The van der Waals surface area contributed by atoms with E-state index in [1.807, 2.05) is 31.1 Å². The van der Waals surface area contributed by atoms with E-state index in [1.54, 1.807) is 4.90 Å². The second-order valence-electron chi connectivity index (χ2n) is 6.14. The molecule has 1 amide bonds. The molecule has 0 aromatic heterocycles. The van der Waals surface area contributed by atoms with Crippen LogP contribution in [0.5, 0.6) is 0 Å². The molecule has 21 heavy (non-hydrogen) atoms. The van der Waals surface area contributed by atoms with Crippen LogP contribution >= 0.6 is 0 Å². The molecular formula is C16H26N2O3. The van der Waals surface area contributed by atoms with Crippen molar-refractivity contribution < 1.29 is 14.4 Å². The zero-order valence-electron chi connectivity index (χ0n) is 13.5. The van der Waals surface area contributed by atoms with Crippen molar-refractivity contribution in [3.8, 4) is 0 Å². The van der Waals surface area contributed by atoms with Gasteiger partial charge in [0.05, 0.1) is 19.3 Å². The number of hydrogen-bond acceptors (Lipinski definition) is 4. The van der Waals surface area contributed by atoms with E-state index in [0.717, 1.165) is 6.54 Å². The Bertz CT molecular complexity index is 447. The maximum atomic E-state index is 11.9. The molecule has 2 rings (SSSR count). The number of nitrogens with zero attached hydrogens (tertiary/aromatic N) is 2. The lowest BCUT2D eigenvalue weighted by atomic mass is 9.87. The van der Waals surface area contributed by atoms with Gasteiger partial charge >= 0.3 is 6.09 Å². The van der Waals surface area contributed by atoms with Crippen molar-refractivity contribution in [1.82, 2.24) is 9.96 Å². The smallest absolute Gasteiger partial charge is 0.409 e. The number of fused-ring (bicyclic) bond motifs is 1. The highest BCUT2D eigenvalue weighted by Crippen LogP contribution is 2.40. The van der Waals surface area contributed by atoms with Gasteiger partial charge in [0.15, 0.2) is 0 Å². The summed E-state index contributed by atoms with van der Waals surface area (Å²) >= 11 is 0. The van der Waals surface area contributed by atoms with Gasteiger partial charge < -0.3 is 9.64 Å². The summed E-state index contributed by atoms with van der Waals surface area (Å²) in [7, 11) is 0. The quantitative estimate of drug-likeness (QED) is 0.747. The fourth-order valence-electron chi connectivity index (χ4n) is 3.00. The Morgan fingerprint density at radius 3 is 2.95 bits per heavy atom. The Hall–Kier alpha value is -1.33. The second kappa shape index (κ2) is 6.62. The molecule has 0 aromatic carbocycles. The molecule has 5 heteroatoms. The molecule has 118 valence electrons. The molecule has 0 radical (unpaired) electrons. The summed E-state index contributed by atoms with van der Waals surface area (Å²) in [4.78, 5) is 19.6. The molecule has 0 aromatic rings. The molecule has 0 N–H and O–H groups in total. The molecule has 2 unspecified atom stereocenters. The number of likely N-dealkylation sites (tertiary alicyclic amines) is 1. The molecule has 0 bridgehead atoms. The molecule has 2 atom stereocenters. The van der Waals surface area contributed by atoms with Gasteiger partial charge in [0.25, 0.3) is 0 Å². The molecule has 2 heterocycles. The minimum Gasteiger partial charge on any atom is -0.450 e. The lowest BCUT2D eigenvalue weighted by molar-refractivity contribution is -0.127. The first-order chi connectivity index (χ1) is 10.00. The minimum absolute atomic E-state index is 0.00631. The Labute approximate surface area is 127 Å². The fraction of sp³-hybridized carbons (Fsp3) is 0.688. The van der Waals surface area contributed by atoms with E-state index in [9.17, 15) is 4.79 Å². The Morgan fingerprint density at radius 1 is 1.52 bits per heavy atom. The topological polar surface area (TPSA) is 42.0 Å². The number of hydrogen-bond donors (Lipinski definition) is 0. The number of carbonyl (C=O) groups excluding carboxylic acids is 1. The predicted molar refractivity (Wildman–Crippen MR) is 81.7 cm³/mol. The first kappa shape index (κ1) is 16.0. The fourth-order valence-corrected chi connectivity index (χ4v) is 3.00. The lowest BCUT2D eigenvalue weighted by Gasteiger charge is -2.24. The highest BCUT2D eigenvalue weighted by molar-refractivity contribution is 5.68. The number of rotatable bonds is 4. The van der Waals surface area contributed by atoms with Crippen LogP contribution in [-0.2, 0) is 9.57 Å². The van der Waals surface area contributed by atoms with E-state index in [-0.39, 0.29) is 17.6 Å². The van der Waals surface area contributed by atoms with E-state index in [1.165, 1.54) is 5.57 Å². The van der Waals surface area contributed by atoms with Crippen LogP contribution in [0, 0.1) is 5.41 Å². The molecule has 0 spiro atoms. The van der Waals surface area contributed by atoms with Gasteiger partial charge in [-0.15, -0.1) is 0 Å². The highest BCUT2D eigenvalue weighted by atomic mass is 16.7. The maximum Gasteiger partial charge on any atom is 0.409 e. The van der Waals surface area contributed by atoms with E-state index in [2.05, 4.69) is 19.9 Å². The summed E-state index contributed by atoms with van der Waals surface area (Å²) in [5.41, 5.74) is 1.24. The van der Waals surface area contributed by atoms with Crippen LogP contribution in [0.1, 0.15) is 27.7 Å². The van der Waals surface area contributed by atoms with Gasteiger partial charge in [-0.2, -0.15) is 5.06 Å². The molecule has 0 saturated carbocycles. The minimum atomic E-state index is -0.214. The first-order valence-electron chi connectivity index (χ1n) is 7.60. The summed E-state index contributed by atoms with van der Waals surface area (Å²) in [6.45, 7) is 11.3. The van der Waals surface area contributed by atoms with Crippen molar-refractivity contribution in [3.63, 3.8) is 0 Å². The zero-order chi connectivity index (χ0) is 15.5. The summed E-state index contributed by atoms with van der Waals surface area (Å²) in [6, 6.07) is 0.232. The lowest BCUT2D eigenvalue weighted by Crippen LogP contribution is -2.38. The SMILES string of the molecule is C/C=C\C=C(/C)CN1OCC2(C)CN(C(=O)OCC)CC12. The molecule has 2 saturated heterocycles. The van der Waals surface area contributed by atoms with Crippen molar-refractivity contribution >= 4 is 6.09 Å². The number of allylic oxidation sites excluding steroid dienone is 3. The third-order valence-electron chi connectivity index (χ3n) is 4.16. The Kier molecular flexibility index (Phi) is 5.06. The van der Waals surface area contributed by atoms with E-state index in [0.29, 0.717) is 26.3 Å². The van der Waals surface area contributed by atoms with Crippen LogP contribution in [0.25, 0.3) is 0 Å². The molecule has 2 aliphatic rings. The molecular weight excluding hydrogens is 268 g/mol. The van der Waals surface area contributed by atoms with E-state index in [4.69, 9.17) is 9.57 Å². The molecule has 2 aliphatic heterocycles. The first-order valence-corrected chi connectivity index (χ1v) is 7.60. The number of ether oxygens (including phenoxy) is 1. The summed E-state index contributed by atoms with van der Waals surface area (Å²) in [5.74, 6) is 0. The standard InChI is InChI=1S/C16H26N2O3/c1-5-7-8-13(3)9-18-14-10-17(15(19)20-6-2)11-16(14,4)12-21-18/h5,7-8,14H,6,9-12H2,1-4H3/b7-5-,13-8+. The van der Waals surface area contributed by atoms with Crippen molar-refractivity contribution in [2.45, 2.75) is 33.7 Å². The Balaban J connectivity index is 2.01. The van der Waals surface area contributed by atoms with Crippen molar-refractivity contribution in [3.05, 3.63) is 23.8 Å². The van der Waals surface area contributed by atoms with Crippen LogP contribution in [0.4, 0.5) is 4.79 Å². The highest BCUT2D eigenvalue weighted by Gasteiger charge is 2.53. The van der Waals surface area contributed by atoms with Crippen molar-refractivity contribution in [1.29, 1.82) is 0 Å². The zero-order valence-corrected chi connectivity index (χ0v) is 13.5. The number of carbonyl (C=O) groups is 1. The molecule has 0 aliphatic carbocycles. The third kappa shape index (κ3) is 3.47. The van der Waals surface area contributed by atoms with Crippen LogP contribution in [-0.4, -0.2) is 54.9 Å². The van der Waals surface area contributed by atoms with Crippen LogP contribution in [0.3, 0.4) is 0 Å². The van der Waals surface area contributed by atoms with Crippen LogP contribution in [0.2, 0.25) is 0 Å². The number of hydroxylamine groups is 2. The number of amides is 1. The van der Waals surface area contributed by atoms with Gasteiger partial charge in [-0.1, -0.05) is 30.7 Å². The van der Waals surface area contributed by atoms with Crippen molar-refractivity contribution in [2.24, 2.45) is 5.41 Å². The van der Waals surface area contributed by atoms with Gasteiger partial charge in [-0.05, 0) is 20.8 Å². The second-order valence-corrected chi connectivity index (χ2v) is 6.14. The molecule has 5 nitrogen and oxygen atoms in total. The average Bonchev–Trinajstić information content (AvgIpc) is 2.92. The monoisotopic (exact) mass is 294 g/mol.